The summed E-state index contributed by atoms with van der Waals surface area (Å²) in [6.07, 6.45) is -8.22. The molecule has 3 heterocycles. The van der Waals surface area contributed by atoms with E-state index in [1.807, 2.05) is 0 Å². The third-order valence-corrected chi connectivity index (χ3v) is 4.06. The molecule has 3 rings (SSSR count). The summed E-state index contributed by atoms with van der Waals surface area (Å²) in [5.41, 5.74) is -1.19. The lowest BCUT2D eigenvalue weighted by Gasteiger charge is -2.07. The van der Waals surface area contributed by atoms with Gasteiger partial charge in [-0.15, -0.1) is 11.3 Å². The molecule has 0 spiro atoms. The molecule has 0 saturated carbocycles. The molecule has 0 radical (unpaired) electrons. The molecular formula is C15H6F6N4OS. The number of nitrogens with zero attached hydrogens (tertiary/aromatic N) is 4. The molecule has 12 heteroatoms. The van der Waals surface area contributed by atoms with E-state index in [4.69, 9.17) is 10.00 Å². The van der Waals surface area contributed by atoms with Crippen LogP contribution in [0.1, 0.15) is 16.1 Å². The highest BCUT2D eigenvalue weighted by molar-refractivity contribution is 7.10. The van der Waals surface area contributed by atoms with Gasteiger partial charge in [0.2, 0.25) is 5.88 Å². The number of thiophene rings is 1. The number of halogens is 6. The van der Waals surface area contributed by atoms with Crippen LogP contribution >= 0.6 is 11.3 Å². The summed E-state index contributed by atoms with van der Waals surface area (Å²) in [5.74, 6) is -0.595. The third-order valence-electron chi connectivity index (χ3n) is 3.11. The topological polar surface area (TPSA) is 63.7 Å². The van der Waals surface area contributed by atoms with Crippen LogP contribution in [0, 0.1) is 11.3 Å². The molecular weight excluding hydrogens is 398 g/mol. The van der Waals surface area contributed by atoms with Crippen molar-refractivity contribution in [3.63, 3.8) is 0 Å². The Morgan fingerprint density at radius 1 is 1.07 bits per heavy atom. The largest absolute Gasteiger partial charge is 0.438 e. The zero-order valence-electron chi connectivity index (χ0n) is 12.8. The standard InChI is InChI=1S/C15H6F6N4OS/c16-14(17,18)10-1-2-25(24-10)12-3-8(6-22)4-13(23-12)26-9-5-11(27-7-9)15(19,20)21/h1-5,7H. The van der Waals surface area contributed by atoms with Crippen LogP contribution in [0.15, 0.2) is 35.8 Å². The van der Waals surface area contributed by atoms with Gasteiger partial charge in [0, 0.05) is 29.8 Å². The normalized spacial score (nSPS) is 12.0. The fourth-order valence-corrected chi connectivity index (χ4v) is 2.65. The zero-order valence-corrected chi connectivity index (χ0v) is 13.7. The van der Waals surface area contributed by atoms with Gasteiger partial charge in [-0.05, 0) is 6.07 Å². The second-order valence-electron chi connectivity index (χ2n) is 5.05. The van der Waals surface area contributed by atoms with Gasteiger partial charge in [-0.2, -0.15) is 41.7 Å². The molecule has 0 saturated heterocycles. The molecule has 3 aromatic rings. The molecule has 0 atom stereocenters. The number of hydrogen-bond donors (Lipinski definition) is 0. The first-order valence-corrected chi connectivity index (χ1v) is 7.83. The van der Waals surface area contributed by atoms with E-state index >= 15 is 0 Å². The van der Waals surface area contributed by atoms with Crippen molar-refractivity contribution in [1.29, 1.82) is 5.26 Å². The number of alkyl halides is 6. The highest BCUT2D eigenvalue weighted by Crippen LogP contribution is 2.37. The van der Waals surface area contributed by atoms with E-state index < -0.39 is 22.9 Å². The van der Waals surface area contributed by atoms with Crippen LogP contribution < -0.4 is 4.74 Å². The third kappa shape index (κ3) is 4.20. The van der Waals surface area contributed by atoms with Crippen LogP contribution in [-0.2, 0) is 12.4 Å². The summed E-state index contributed by atoms with van der Waals surface area (Å²) in [4.78, 5) is 3.00. The van der Waals surface area contributed by atoms with Crippen molar-refractivity contribution >= 4 is 11.3 Å². The van der Waals surface area contributed by atoms with Gasteiger partial charge in [0.1, 0.15) is 10.6 Å². The summed E-state index contributed by atoms with van der Waals surface area (Å²) in [7, 11) is 0. The van der Waals surface area contributed by atoms with Gasteiger partial charge in [-0.25, -0.2) is 4.68 Å². The second kappa shape index (κ2) is 6.58. The van der Waals surface area contributed by atoms with E-state index in [2.05, 4.69) is 10.1 Å². The Balaban J connectivity index is 1.94. The molecule has 5 nitrogen and oxygen atoms in total. The van der Waals surface area contributed by atoms with Crippen LogP contribution in [-0.4, -0.2) is 14.8 Å². The lowest BCUT2D eigenvalue weighted by atomic mass is 10.3. The fraction of sp³-hybridized carbons (Fsp3) is 0.133. The van der Waals surface area contributed by atoms with Crippen LogP contribution in [0.2, 0.25) is 0 Å². The van der Waals surface area contributed by atoms with Crippen LogP contribution in [0.3, 0.4) is 0 Å². The summed E-state index contributed by atoms with van der Waals surface area (Å²) in [5, 5.41) is 13.5. The molecule has 140 valence electrons. The first-order valence-electron chi connectivity index (χ1n) is 6.95. The molecule has 0 bridgehead atoms. The number of ether oxygens (including phenoxy) is 1. The molecule has 0 aliphatic carbocycles. The Morgan fingerprint density at radius 2 is 1.81 bits per heavy atom. The summed E-state index contributed by atoms with van der Waals surface area (Å²) in [6.45, 7) is 0. The van der Waals surface area contributed by atoms with Crippen molar-refractivity contribution in [2.75, 3.05) is 0 Å². The minimum atomic E-state index is -4.66. The van der Waals surface area contributed by atoms with Gasteiger partial charge in [0.15, 0.2) is 11.5 Å². The van der Waals surface area contributed by atoms with Gasteiger partial charge in [0.25, 0.3) is 0 Å². The summed E-state index contributed by atoms with van der Waals surface area (Å²) >= 11 is 0.407. The maximum Gasteiger partial charge on any atom is 0.435 e. The Bertz CT molecular complexity index is 1010. The van der Waals surface area contributed by atoms with Crippen molar-refractivity contribution in [3.8, 4) is 23.5 Å². The minimum absolute atomic E-state index is 0.0228. The monoisotopic (exact) mass is 404 g/mol. The summed E-state index contributed by atoms with van der Waals surface area (Å²) < 4.78 is 81.9. The minimum Gasteiger partial charge on any atom is -0.438 e. The van der Waals surface area contributed by atoms with Crippen molar-refractivity contribution in [3.05, 3.63) is 52.0 Å². The van der Waals surface area contributed by atoms with Gasteiger partial charge < -0.3 is 4.74 Å². The SMILES string of the molecule is N#Cc1cc(Oc2csc(C(F)(F)F)c2)nc(-n2ccc(C(F)(F)F)n2)c1. The average molecular weight is 404 g/mol. The van der Waals surface area contributed by atoms with Crippen molar-refractivity contribution < 1.29 is 31.1 Å². The maximum atomic E-state index is 12.7. The van der Waals surface area contributed by atoms with E-state index in [9.17, 15) is 26.3 Å². The summed E-state index contributed by atoms with van der Waals surface area (Å²) in [6, 6.07) is 5.54. The van der Waals surface area contributed by atoms with Gasteiger partial charge >= 0.3 is 12.4 Å². The first kappa shape index (κ1) is 18.7. The van der Waals surface area contributed by atoms with E-state index in [1.165, 1.54) is 0 Å². The van der Waals surface area contributed by atoms with Gasteiger partial charge in [-0.3, -0.25) is 0 Å². The zero-order chi connectivity index (χ0) is 19.8. The molecule has 3 aromatic heterocycles. The van der Waals surface area contributed by atoms with E-state index in [-0.39, 0.29) is 23.0 Å². The second-order valence-corrected chi connectivity index (χ2v) is 5.97. The van der Waals surface area contributed by atoms with Crippen LogP contribution in [0.25, 0.3) is 5.82 Å². The van der Waals surface area contributed by atoms with Gasteiger partial charge in [-0.1, -0.05) is 0 Å². The predicted octanol–water partition coefficient (Wildman–Crippen LogP) is 5.03. The predicted molar refractivity (Wildman–Crippen MR) is 80.5 cm³/mol. The number of pyridine rings is 1. The highest BCUT2D eigenvalue weighted by atomic mass is 32.1. The van der Waals surface area contributed by atoms with Gasteiger partial charge in [0.05, 0.1) is 11.6 Å². The molecule has 0 aromatic carbocycles. The van der Waals surface area contributed by atoms with Crippen LogP contribution in [0.4, 0.5) is 26.3 Å². The van der Waals surface area contributed by atoms with Crippen molar-refractivity contribution in [2.24, 2.45) is 0 Å². The van der Waals surface area contributed by atoms with E-state index in [0.29, 0.717) is 11.3 Å². The number of hydrogen-bond acceptors (Lipinski definition) is 5. The molecule has 0 amide bonds. The smallest absolute Gasteiger partial charge is 0.435 e. The number of nitriles is 1. The Hall–Kier alpha value is -3.07. The molecule has 0 aliphatic rings. The maximum absolute atomic E-state index is 12.7. The molecule has 27 heavy (non-hydrogen) atoms. The van der Waals surface area contributed by atoms with Crippen LogP contribution in [0.5, 0.6) is 11.6 Å². The quantitative estimate of drug-likeness (QED) is 0.575. The Kier molecular flexibility index (Phi) is 4.56. The lowest BCUT2D eigenvalue weighted by Crippen LogP contribution is -2.08. The molecule has 0 aliphatic heterocycles. The Morgan fingerprint density at radius 3 is 2.37 bits per heavy atom. The number of rotatable bonds is 3. The molecule has 0 N–H and O–H groups in total. The highest BCUT2D eigenvalue weighted by Gasteiger charge is 2.34. The van der Waals surface area contributed by atoms with Crippen molar-refractivity contribution in [1.82, 2.24) is 14.8 Å². The number of aromatic nitrogens is 3. The van der Waals surface area contributed by atoms with Crippen molar-refractivity contribution in [2.45, 2.75) is 12.4 Å². The fourth-order valence-electron chi connectivity index (χ4n) is 1.97. The van der Waals surface area contributed by atoms with E-state index in [0.717, 1.165) is 40.5 Å². The van der Waals surface area contributed by atoms with E-state index in [1.54, 1.807) is 6.07 Å². The lowest BCUT2D eigenvalue weighted by molar-refractivity contribution is -0.141. The molecule has 0 unspecified atom stereocenters. The first-order chi connectivity index (χ1) is 12.6. The Labute approximate surface area is 151 Å². The molecule has 0 fully saturated rings. The average Bonchev–Trinajstić information content (AvgIpc) is 3.22.